The maximum Gasteiger partial charge on any atom is 0.0625 e. The van der Waals surface area contributed by atoms with E-state index in [1.54, 1.807) is 0 Å². The fraction of sp³-hybridized carbons (Fsp3) is 0. The standard InChI is InChI=1S/C30H19N.C24H15N.C6H5Br/c1-2-11-21(12-3-1)31-27-17-9-8-16-25(27)29-26-19-18-20-10-4-5-13-22(20)28(26)23-14-6-7-15-24(23)30(29)31;1-2-8-16-15(7-1)13-14-20-22(16)17-9-3-4-10-18(17)24-23(20)19-11-5-6-12-21(19)25-24;7-6-4-2-1-3-5-6/h1-19H;1-14,25H;1-5H. The minimum absolute atomic E-state index is 1.13. The summed E-state index contributed by atoms with van der Waals surface area (Å²) >= 11 is 3.31. The Morgan fingerprint density at radius 1 is 0.302 bits per heavy atom. The number of halogens is 1. The number of aromatic nitrogens is 2. The van der Waals surface area contributed by atoms with Crippen LogP contribution in [0.25, 0.3) is 114 Å². The van der Waals surface area contributed by atoms with E-state index in [2.05, 4.69) is 226 Å². The average molecular weight is 868 g/mol. The van der Waals surface area contributed by atoms with Crippen LogP contribution in [-0.2, 0) is 0 Å². The third-order valence-corrected chi connectivity index (χ3v) is 13.2. The molecular formula is C60H39BrN2. The Kier molecular flexibility index (Phi) is 9.02. The first-order valence-corrected chi connectivity index (χ1v) is 22.3. The van der Waals surface area contributed by atoms with Crippen LogP contribution in [0.2, 0.25) is 0 Å². The third-order valence-electron chi connectivity index (χ3n) is 12.6. The molecule has 0 radical (unpaired) electrons. The fourth-order valence-corrected chi connectivity index (χ4v) is 10.3. The van der Waals surface area contributed by atoms with Crippen LogP contribution in [0.15, 0.2) is 235 Å². The van der Waals surface area contributed by atoms with Crippen molar-refractivity contribution in [2.24, 2.45) is 0 Å². The molecule has 14 rings (SSSR count). The number of aromatic amines is 1. The highest BCUT2D eigenvalue weighted by atomic mass is 79.9. The zero-order valence-electron chi connectivity index (χ0n) is 34.3. The van der Waals surface area contributed by atoms with Crippen LogP contribution >= 0.6 is 15.9 Å². The van der Waals surface area contributed by atoms with Crippen molar-refractivity contribution in [3.8, 4) is 5.69 Å². The van der Waals surface area contributed by atoms with Gasteiger partial charge in [-0.2, -0.15) is 0 Å². The largest absolute Gasteiger partial charge is 0.354 e. The lowest BCUT2D eigenvalue weighted by Crippen LogP contribution is -1.94. The molecule has 0 aliphatic heterocycles. The molecule has 2 nitrogen and oxygen atoms in total. The molecule has 0 spiro atoms. The lowest BCUT2D eigenvalue weighted by atomic mass is 9.93. The summed E-state index contributed by atoms with van der Waals surface area (Å²) in [4.78, 5) is 3.66. The normalized spacial score (nSPS) is 11.6. The van der Waals surface area contributed by atoms with Crippen molar-refractivity contribution in [2.45, 2.75) is 0 Å². The first-order chi connectivity index (χ1) is 31.2. The quantitative estimate of drug-likeness (QED) is 0.159. The molecule has 63 heavy (non-hydrogen) atoms. The van der Waals surface area contributed by atoms with Gasteiger partial charge in [0, 0.05) is 48.0 Å². The zero-order valence-corrected chi connectivity index (χ0v) is 35.9. The summed E-state index contributed by atoms with van der Waals surface area (Å²) in [6.45, 7) is 0. The van der Waals surface area contributed by atoms with Gasteiger partial charge in [0.25, 0.3) is 0 Å². The Bertz CT molecular complexity index is 4030. The molecule has 2 heterocycles. The molecule has 0 fully saturated rings. The zero-order chi connectivity index (χ0) is 41.9. The van der Waals surface area contributed by atoms with E-state index >= 15 is 0 Å². The van der Waals surface area contributed by atoms with Gasteiger partial charge in [0.1, 0.15) is 0 Å². The van der Waals surface area contributed by atoms with E-state index in [0.29, 0.717) is 0 Å². The summed E-state index contributed by atoms with van der Waals surface area (Å²) in [5.74, 6) is 0. The number of benzene rings is 12. The number of nitrogens with one attached hydrogen (secondary N) is 1. The van der Waals surface area contributed by atoms with Gasteiger partial charge in [0.2, 0.25) is 0 Å². The molecule has 0 saturated heterocycles. The van der Waals surface area contributed by atoms with Crippen LogP contribution in [0.5, 0.6) is 0 Å². The summed E-state index contributed by atoms with van der Waals surface area (Å²) in [5.41, 5.74) is 6.15. The minimum Gasteiger partial charge on any atom is -0.354 e. The first-order valence-electron chi connectivity index (χ1n) is 21.5. The Labute approximate surface area is 372 Å². The van der Waals surface area contributed by atoms with E-state index in [1.165, 1.54) is 114 Å². The molecular weight excluding hydrogens is 829 g/mol. The number of fused-ring (bicyclic) bond motifs is 20. The summed E-state index contributed by atoms with van der Waals surface area (Å²) in [6, 6.07) is 82.2. The van der Waals surface area contributed by atoms with Gasteiger partial charge in [-0.3, -0.25) is 0 Å². The van der Waals surface area contributed by atoms with Crippen LogP contribution in [0.3, 0.4) is 0 Å². The first kappa shape index (κ1) is 37.1. The molecule has 3 heteroatoms. The Hall–Kier alpha value is -7.72. The average Bonchev–Trinajstić information content (AvgIpc) is 3.92. The Morgan fingerprint density at radius 2 is 0.762 bits per heavy atom. The highest BCUT2D eigenvalue weighted by Crippen LogP contribution is 2.45. The topological polar surface area (TPSA) is 20.7 Å². The van der Waals surface area contributed by atoms with Crippen molar-refractivity contribution in [2.75, 3.05) is 0 Å². The molecule has 0 bridgehead atoms. The third kappa shape index (κ3) is 6.07. The lowest BCUT2D eigenvalue weighted by molar-refractivity contribution is 1.19. The number of para-hydroxylation sites is 3. The SMILES string of the molecule is Brc1ccccc1.c1ccc(-n2c3ccccc3c3c4ccc5ccccc5c4c4ccccc4c32)cc1.c1ccc2c(c1)ccc1c2c2ccccc2c2[nH]c3ccccc3c12. The number of H-pyrrole nitrogens is 1. The maximum atomic E-state index is 3.66. The van der Waals surface area contributed by atoms with Crippen LogP contribution in [-0.4, -0.2) is 9.55 Å². The van der Waals surface area contributed by atoms with Crippen molar-refractivity contribution in [3.05, 3.63) is 235 Å². The number of hydrogen-bond donors (Lipinski definition) is 1. The summed E-state index contributed by atoms with van der Waals surface area (Å²) in [6.07, 6.45) is 0. The number of nitrogens with zero attached hydrogens (tertiary/aromatic N) is 1. The van der Waals surface area contributed by atoms with Crippen LogP contribution in [0, 0.1) is 0 Å². The van der Waals surface area contributed by atoms with E-state index in [1.807, 2.05) is 30.3 Å². The second-order valence-corrected chi connectivity index (χ2v) is 17.1. The van der Waals surface area contributed by atoms with E-state index in [0.717, 1.165) is 4.47 Å². The van der Waals surface area contributed by atoms with E-state index < -0.39 is 0 Å². The summed E-state index contributed by atoms with van der Waals surface area (Å²) < 4.78 is 3.57. The second kappa shape index (κ2) is 15.3. The van der Waals surface area contributed by atoms with Crippen molar-refractivity contribution in [1.82, 2.24) is 9.55 Å². The molecule has 14 aromatic rings. The Balaban J connectivity index is 0.000000118. The molecule has 0 aliphatic carbocycles. The molecule has 1 N–H and O–H groups in total. The fourth-order valence-electron chi connectivity index (χ4n) is 10.0. The monoisotopic (exact) mass is 866 g/mol. The van der Waals surface area contributed by atoms with Crippen molar-refractivity contribution in [3.63, 3.8) is 0 Å². The summed E-state index contributed by atoms with van der Waals surface area (Å²) in [5, 5.41) is 21.0. The predicted octanol–water partition coefficient (Wildman–Crippen LogP) is 17.5. The van der Waals surface area contributed by atoms with Gasteiger partial charge in [0.05, 0.1) is 16.6 Å². The number of hydrogen-bond acceptors (Lipinski definition) is 0. The van der Waals surface area contributed by atoms with Crippen LogP contribution in [0.1, 0.15) is 0 Å². The highest BCUT2D eigenvalue weighted by Gasteiger charge is 2.20. The molecule has 0 atom stereocenters. The van der Waals surface area contributed by atoms with Gasteiger partial charge in [-0.15, -0.1) is 0 Å². The molecule has 0 amide bonds. The van der Waals surface area contributed by atoms with Gasteiger partial charge in [0.15, 0.2) is 0 Å². The Morgan fingerprint density at radius 3 is 1.38 bits per heavy atom. The smallest absolute Gasteiger partial charge is 0.0625 e. The van der Waals surface area contributed by atoms with Gasteiger partial charge in [-0.25, -0.2) is 0 Å². The van der Waals surface area contributed by atoms with Crippen LogP contribution in [0.4, 0.5) is 0 Å². The van der Waals surface area contributed by atoms with Gasteiger partial charge >= 0.3 is 0 Å². The van der Waals surface area contributed by atoms with Gasteiger partial charge < -0.3 is 9.55 Å². The minimum atomic E-state index is 1.13. The molecule has 2 aromatic heterocycles. The predicted molar refractivity (Wildman–Crippen MR) is 276 cm³/mol. The molecule has 0 unspecified atom stereocenters. The maximum absolute atomic E-state index is 3.66. The van der Waals surface area contributed by atoms with Crippen molar-refractivity contribution >= 4 is 124 Å². The molecule has 12 aromatic carbocycles. The lowest BCUT2D eigenvalue weighted by Gasteiger charge is -2.13. The van der Waals surface area contributed by atoms with E-state index in [-0.39, 0.29) is 0 Å². The van der Waals surface area contributed by atoms with Crippen molar-refractivity contribution < 1.29 is 0 Å². The molecule has 0 aliphatic rings. The van der Waals surface area contributed by atoms with E-state index in [4.69, 9.17) is 0 Å². The molecule has 0 saturated carbocycles. The summed E-state index contributed by atoms with van der Waals surface area (Å²) in [7, 11) is 0. The van der Waals surface area contributed by atoms with Gasteiger partial charge in [-0.05, 0) is 90.3 Å². The molecule has 296 valence electrons. The van der Waals surface area contributed by atoms with Crippen molar-refractivity contribution in [1.29, 1.82) is 0 Å². The highest BCUT2D eigenvalue weighted by molar-refractivity contribution is 9.10. The second-order valence-electron chi connectivity index (χ2n) is 16.1. The van der Waals surface area contributed by atoms with E-state index in [9.17, 15) is 0 Å². The van der Waals surface area contributed by atoms with Crippen LogP contribution < -0.4 is 0 Å². The number of rotatable bonds is 1. The van der Waals surface area contributed by atoms with Gasteiger partial charge in [-0.1, -0.05) is 210 Å².